The molecule has 5 nitrogen and oxygen atoms in total. The van der Waals surface area contributed by atoms with Gasteiger partial charge in [-0.1, -0.05) is 0 Å². The molecule has 1 saturated heterocycles. The lowest BCUT2D eigenvalue weighted by Crippen LogP contribution is -2.31. The van der Waals surface area contributed by atoms with E-state index in [2.05, 4.69) is 5.10 Å². The molecule has 0 aliphatic carbocycles. The summed E-state index contributed by atoms with van der Waals surface area (Å²) in [5.74, 6) is 0.699. The van der Waals surface area contributed by atoms with Crippen molar-refractivity contribution in [2.75, 3.05) is 11.5 Å². The fraction of sp³-hybridized carbons (Fsp3) is 0.727. The molecule has 0 amide bonds. The largest absolute Gasteiger partial charge is 0.327 e. The molecule has 96 valence electrons. The van der Waals surface area contributed by atoms with Crippen LogP contribution < -0.4 is 5.73 Å². The number of aryl methyl sites for hydroxylation is 2. The van der Waals surface area contributed by atoms with E-state index in [0.29, 0.717) is 5.75 Å². The van der Waals surface area contributed by atoms with Gasteiger partial charge < -0.3 is 5.73 Å². The molecule has 1 fully saturated rings. The first-order chi connectivity index (χ1) is 7.98. The molecule has 17 heavy (non-hydrogen) atoms. The second-order valence-corrected chi connectivity index (χ2v) is 7.04. The Balaban J connectivity index is 1.86. The highest BCUT2D eigenvalue weighted by molar-refractivity contribution is 7.91. The topological polar surface area (TPSA) is 78.0 Å². The number of nitrogens with zero attached hydrogens (tertiary/aromatic N) is 2. The van der Waals surface area contributed by atoms with Gasteiger partial charge in [0.05, 0.1) is 11.5 Å². The van der Waals surface area contributed by atoms with Gasteiger partial charge in [0.25, 0.3) is 0 Å². The van der Waals surface area contributed by atoms with Crippen molar-refractivity contribution in [2.45, 2.75) is 25.3 Å². The van der Waals surface area contributed by atoms with Crippen LogP contribution in [-0.4, -0.2) is 35.7 Å². The highest BCUT2D eigenvalue weighted by Gasteiger charge is 2.31. The van der Waals surface area contributed by atoms with Crippen molar-refractivity contribution in [3.8, 4) is 0 Å². The fourth-order valence-corrected chi connectivity index (χ4v) is 4.25. The average molecular weight is 257 g/mol. The Bertz CT molecular complexity index is 481. The molecule has 2 atom stereocenters. The second kappa shape index (κ2) is 4.78. The molecule has 2 N–H and O–H groups in total. The zero-order valence-corrected chi connectivity index (χ0v) is 10.9. The number of hydrogen-bond acceptors (Lipinski definition) is 4. The molecule has 0 saturated carbocycles. The summed E-state index contributed by atoms with van der Waals surface area (Å²) < 4.78 is 24.6. The van der Waals surface area contributed by atoms with Crippen molar-refractivity contribution in [1.29, 1.82) is 0 Å². The first kappa shape index (κ1) is 12.6. The standard InChI is InChI=1S/C11H19N3O2S/c1-14-10(4-6-13-14)2-3-11(12)9-5-7-17(15,16)8-9/h4,6,9,11H,2-3,5,7-8,12H2,1H3. The third kappa shape index (κ3) is 3.07. The van der Waals surface area contributed by atoms with Crippen LogP contribution in [0, 0.1) is 5.92 Å². The van der Waals surface area contributed by atoms with Crippen LogP contribution in [-0.2, 0) is 23.3 Å². The van der Waals surface area contributed by atoms with Crippen molar-refractivity contribution in [3.05, 3.63) is 18.0 Å². The summed E-state index contributed by atoms with van der Waals surface area (Å²) in [5.41, 5.74) is 7.21. The average Bonchev–Trinajstić information content (AvgIpc) is 2.81. The minimum Gasteiger partial charge on any atom is -0.327 e. The molecule has 0 aromatic carbocycles. The van der Waals surface area contributed by atoms with Crippen LogP contribution >= 0.6 is 0 Å². The van der Waals surface area contributed by atoms with Crippen LogP contribution in [0.25, 0.3) is 0 Å². The molecular weight excluding hydrogens is 238 g/mol. The lowest BCUT2D eigenvalue weighted by molar-refractivity contribution is 0.435. The van der Waals surface area contributed by atoms with Crippen LogP contribution in [0.5, 0.6) is 0 Å². The molecule has 6 heteroatoms. The Kier molecular flexibility index (Phi) is 3.53. The Morgan fingerprint density at radius 3 is 2.94 bits per heavy atom. The normalized spacial score (nSPS) is 24.9. The quantitative estimate of drug-likeness (QED) is 0.830. The van der Waals surface area contributed by atoms with Gasteiger partial charge in [0.1, 0.15) is 0 Å². The van der Waals surface area contributed by atoms with E-state index >= 15 is 0 Å². The molecular formula is C11H19N3O2S. The maximum absolute atomic E-state index is 11.4. The van der Waals surface area contributed by atoms with Crippen LogP contribution in [0.1, 0.15) is 18.5 Å². The minimum absolute atomic E-state index is 0.0258. The SMILES string of the molecule is Cn1nccc1CCC(N)C1CCS(=O)(=O)C1. The van der Waals surface area contributed by atoms with Crippen molar-refractivity contribution in [3.63, 3.8) is 0 Å². The molecule has 2 heterocycles. The molecule has 0 bridgehead atoms. The molecule has 2 unspecified atom stereocenters. The Morgan fingerprint density at radius 1 is 1.65 bits per heavy atom. The minimum atomic E-state index is -2.82. The first-order valence-corrected chi connectivity index (χ1v) is 7.73. The number of rotatable bonds is 4. The van der Waals surface area contributed by atoms with Crippen molar-refractivity contribution >= 4 is 9.84 Å². The third-order valence-corrected chi connectivity index (χ3v) is 5.32. The summed E-state index contributed by atoms with van der Waals surface area (Å²) in [7, 11) is -0.915. The third-order valence-electron chi connectivity index (χ3n) is 3.53. The van der Waals surface area contributed by atoms with Crippen LogP contribution in [0.4, 0.5) is 0 Å². The van der Waals surface area contributed by atoms with Gasteiger partial charge in [-0.05, 0) is 31.2 Å². The number of hydrogen-bond donors (Lipinski definition) is 1. The van der Waals surface area contributed by atoms with E-state index in [1.165, 1.54) is 0 Å². The van der Waals surface area contributed by atoms with E-state index in [9.17, 15) is 8.42 Å². The van der Waals surface area contributed by atoms with E-state index in [-0.39, 0.29) is 17.7 Å². The lowest BCUT2D eigenvalue weighted by atomic mass is 9.95. The van der Waals surface area contributed by atoms with E-state index in [1.54, 1.807) is 6.20 Å². The van der Waals surface area contributed by atoms with E-state index < -0.39 is 9.84 Å². The predicted molar refractivity (Wildman–Crippen MR) is 66.3 cm³/mol. The van der Waals surface area contributed by atoms with Gasteiger partial charge in [0, 0.05) is 25.0 Å². The van der Waals surface area contributed by atoms with Gasteiger partial charge in [0.15, 0.2) is 9.84 Å². The van der Waals surface area contributed by atoms with Gasteiger partial charge in [-0.3, -0.25) is 4.68 Å². The van der Waals surface area contributed by atoms with E-state index in [4.69, 9.17) is 5.73 Å². The monoisotopic (exact) mass is 257 g/mol. The number of sulfone groups is 1. The van der Waals surface area contributed by atoms with Crippen LogP contribution in [0.3, 0.4) is 0 Å². The number of nitrogens with two attached hydrogens (primary N) is 1. The molecule has 0 radical (unpaired) electrons. The van der Waals surface area contributed by atoms with E-state index in [1.807, 2.05) is 17.8 Å². The molecule has 1 aromatic heterocycles. The Hall–Kier alpha value is -0.880. The smallest absolute Gasteiger partial charge is 0.150 e. The summed E-state index contributed by atoms with van der Waals surface area (Å²) in [6.45, 7) is 0. The molecule has 0 spiro atoms. The van der Waals surface area contributed by atoms with Crippen molar-refractivity contribution in [1.82, 2.24) is 9.78 Å². The molecule has 1 aliphatic rings. The summed E-state index contributed by atoms with van der Waals surface area (Å²) in [6, 6.07) is 1.94. The highest BCUT2D eigenvalue weighted by atomic mass is 32.2. The van der Waals surface area contributed by atoms with Crippen LogP contribution in [0.15, 0.2) is 12.3 Å². The zero-order valence-electron chi connectivity index (χ0n) is 10.0. The van der Waals surface area contributed by atoms with Crippen molar-refractivity contribution < 1.29 is 8.42 Å². The molecule has 2 rings (SSSR count). The molecule has 1 aliphatic heterocycles. The maximum Gasteiger partial charge on any atom is 0.150 e. The second-order valence-electron chi connectivity index (χ2n) is 4.81. The van der Waals surface area contributed by atoms with Gasteiger partial charge in [-0.2, -0.15) is 5.10 Å². The van der Waals surface area contributed by atoms with Gasteiger partial charge >= 0.3 is 0 Å². The highest BCUT2D eigenvalue weighted by Crippen LogP contribution is 2.23. The van der Waals surface area contributed by atoms with Gasteiger partial charge in [-0.15, -0.1) is 0 Å². The summed E-state index contributed by atoms with van der Waals surface area (Å²) >= 11 is 0. The first-order valence-electron chi connectivity index (χ1n) is 5.91. The predicted octanol–water partition coefficient (Wildman–Crippen LogP) is 0.115. The fourth-order valence-electron chi connectivity index (χ4n) is 2.36. The Morgan fingerprint density at radius 2 is 2.41 bits per heavy atom. The van der Waals surface area contributed by atoms with Gasteiger partial charge in [0.2, 0.25) is 0 Å². The zero-order chi connectivity index (χ0) is 12.5. The Labute approximate surface area is 102 Å². The summed E-state index contributed by atoms with van der Waals surface area (Å²) in [4.78, 5) is 0. The number of aromatic nitrogens is 2. The lowest BCUT2D eigenvalue weighted by Gasteiger charge is -2.17. The maximum atomic E-state index is 11.4. The van der Waals surface area contributed by atoms with Gasteiger partial charge in [-0.25, -0.2) is 8.42 Å². The summed E-state index contributed by atoms with van der Waals surface area (Å²) in [6.07, 6.45) is 4.16. The van der Waals surface area contributed by atoms with Crippen molar-refractivity contribution in [2.24, 2.45) is 18.7 Å². The van der Waals surface area contributed by atoms with Crippen LogP contribution in [0.2, 0.25) is 0 Å². The molecule has 1 aromatic rings. The summed E-state index contributed by atoms with van der Waals surface area (Å²) in [5, 5.41) is 4.10. The van der Waals surface area contributed by atoms with E-state index in [0.717, 1.165) is 25.0 Å².